The van der Waals surface area contributed by atoms with Gasteiger partial charge in [-0.05, 0) is 66.6 Å². The lowest BCUT2D eigenvalue weighted by Gasteiger charge is -2.35. The largest absolute Gasteiger partial charge is 0.239 e. The molecule has 30 heavy (non-hydrogen) atoms. The van der Waals surface area contributed by atoms with Crippen molar-refractivity contribution in [3.63, 3.8) is 0 Å². The third-order valence-electron chi connectivity index (χ3n) is 7.16. The molecule has 1 heterocycles. The van der Waals surface area contributed by atoms with Crippen LogP contribution in [0.5, 0.6) is 0 Å². The molecular weight excluding hydrogens is 359 g/mol. The number of aryl methyl sites for hydroxylation is 4. The summed E-state index contributed by atoms with van der Waals surface area (Å²) in [6.45, 7) is 7.15. The highest BCUT2D eigenvalue weighted by molar-refractivity contribution is 6.94. The Morgan fingerprint density at radius 1 is 0.700 bits per heavy atom. The molecule has 0 saturated heterocycles. The Bertz CT molecular complexity index is 1340. The molecule has 0 atom stereocenters. The van der Waals surface area contributed by atoms with Gasteiger partial charge in [-0.2, -0.15) is 0 Å². The van der Waals surface area contributed by atoms with E-state index in [0.29, 0.717) is 6.71 Å². The van der Waals surface area contributed by atoms with Gasteiger partial charge in [0.2, 0.25) is 6.71 Å². The number of rotatable bonds is 1. The molecule has 0 bridgehead atoms. The van der Waals surface area contributed by atoms with Crippen LogP contribution < -0.4 is 10.9 Å². The van der Waals surface area contributed by atoms with Gasteiger partial charge in [-0.15, -0.1) is 0 Å². The summed E-state index contributed by atoms with van der Waals surface area (Å²) in [6.07, 6.45) is 2.27. The topological polar surface area (TPSA) is 0 Å². The molecule has 1 aliphatic carbocycles. The number of allylic oxidation sites excluding steroid dienone is 1. The van der Waals surface area contributed by atoms with Crippen LogP contribution in [0, 0.1) is 20.8 Å². The lowest BCUT2D eigenvalue weighted by atomic mass is 9.31. The van der Waals surface area contributed by atoms with E-state index >= 15 is 0 Å². The van der Waals surface area contributed by atoms with Crippen LogP contribution in [0.15, 0.2) is 78.3 Å². The van der Waals surface area contributed by atoms with E-state index in [-0.39, 0.29) is 0 Å². The van der Waals surface area contributed by atoms with Crippen LogP contribution >= 0.6 is 0 Å². The predicted octanol–water partition coefficient (Wildman–Crippen LogP) is 5.67. The molecule has 2 aliphatic rings. The quantitative estimate of drug-likeness (QED) is 0.371. The molecular formula is C29H25B. The molecule has 1 heteroatoms. The first-order valence-electron chi connectivity index (χ1n) is 11.0. The van der Waals surface area contributed by atoms with Gasteiger partial charge in [0.05, 0.1) is 0 Å². The van der Waals surface area contributed by atoms with Gasteiger partial charge in [0.15, 0.2) is 0 Å². The molecule has 0 fully saturated rings. The number of hydrogen-bond donors (Lipinski definition) is 0. The van der Waals surface area contributed by atoms with Crippen LogP contribution in [0.25, 0.3) is 16.3 Å². The zero-order chi connectivity index (χ0) is 20.4. The van der Waals surface area contributed by atoms with Crippen molar-refractivity contribution in [2.45, 2.75) is 33.6 Å². The summed E-state index contributed by atoms with van der Waals surface area (Å²) in [4.78, 5) is 0. The first kappa shape index (κ1) is 17.8. The zero-order valence-electron chi connectivity index (χ0n) is 17.9. The van der Waals surface area contributed by atoms with E-state index in [0.717, 1.165) is 12.8 Å². The summed E-state index contributed by atoms with van der Waals surface area (Å²) in [6, 6.07) is 27.5. The van der Waals surface area contributed by atoms with Gasteiger partial charge in [-0.1, -0.05) is 106 Å². The Hall–Kier alpha value is -3.06. The molecule has 0 nitrogen and oxygen atoms in total. The summed E-state index contributed by atoms with van der Waals surface area (Å²) in [5.74, 6) is 0. The van der Waals surface area contributed by atoms with Crippen LogP contribution in [-0.2, 0) is 6.42 Å². The predicted molar refractivity (Wildman–Crippen MR) is 130 cm³/mol. The van der Waals surface area contributed by atoms with E-state index < -0.39 is 0 Å². The lowest BCUT2D eigenvalue weighted by Crippen LogP contribution is -2.50. The molecule has 0 aromatic heterocycles. The van der Waals surface area contributed by atoms with Gasteiger partial charge in [-0.25, -0.2) is 0 Å². The molecule has 1 aliphatic heterocycles. The molecule has 0 saturated carbocycles. The molecule has 0 N–H and O–H groups in total. The van der Waals surface area contributed by atoms with E-state index in [1.165, 1.54) is 60.7 Å². The molecule has 4 aromatic rings. The molecule has 0 spiro atoms. The first-order chi connectivity index (χ1) is 14.6. The zero-order valence-corrected chi connectivity index (χ0v) is 17.9. The third-order valence-corrected chi connectivity index (χ3v) is 7.16. The van der Waals surface area contributed by atoms with E-state index in [2.05, 4.69) is 93.6 Å². The minimum atomic E-state index is 0.340. The van der Waals surface area contributed by atoms with Crippen LogP contribution in [0.2, 0.25) is 0 Å². The SMILES string of the molecule is Cc1cc(C)c(B2C3=C(c4ccccc4CC3)c3cccc4cccc2c34)c(C)c1. The van der Waals surface area contributed by atoms with Gasteiger partial charge in [0.1, 0.15) is 0 Å². The van der Waals surface area contributed by atoms with Crippen molar-refractivity contribution in [1.29, 1.82) is 0 Å². The van der Waals surface area contributed by atoms with Gasteiger partial charge in [0.25, 0.3) is 0 Å². The number of fused-ring (bicyclic) bond motifs is 3. The van der Waals surface area contributed by atoms with E-state index in [1.54, 1.807) is 5.47 Å². The highest BCUT2D eigenvalue weighted by Crippen LogP contribution is 2.42. The van der Waals surface area contributed by atoms with Gasteiger partial charge in [0, 0.05) is 0 Å². The standard InChI is InChI=1S/C29H25B/c1-18-16-19(2)29(20(3)17-18)30-25-13-7-10-22-9-6-12-24(27(22)25)28-23-11-5-4-8-21(23)14-15-26(28)30/h4-13,16-17H,14-15H2,1-3H3. The first-order valence-corrected chi connectivity index (χ1v) is 11.0. The second kappa shape index (κ2) is 6.47. The molecule has 144 valence electrons. The smallest absolute Gasteiger partial charge is 0.0819 e. The van der Waals surface area contributed by atoms with Crippen molar-refractivity contribution in [3.05, 3.63) is 112 Å². The summed E-state index contributed by atoms with van der Waals surface area (Å²) in [7, 11) is 0. The van der Waals surface area contributed by atoms with Gasteiger partial charge in [-0.3, -0.25) is 0 Å². The maximum Gasteiger partial charge on any atom is 0.239 e. The highest BCUT2D eigenvalue weighted by Gasteiger charge is 2.37. The number of benzene rings is 4. The highest BCUT2D eigenvalue weighted by atomic mass is 14.3. The van der Waals surface area contributed by atoms with Crippen LogP contribution in [0.3, 0.4) is 0 Å². The number of hydrogen-bond acceptors (Lipinski definition) is 0. The molecule has 6 rings (SSSR count). The maximum atomic E-state index is 2.37. The molecule has 0 unspecified atom stereocenters. The monoisotopic (exact) mass is 384 g/mol. The van der Waals surface area contributed by atoms with Crippen LogP contribution in [-0.4, -0.2) is 6.71 Å². The molecule has 4 aromatic carbocycles. The Morgan fingerprint density at radius 2 is 1.40 bits per heavy atom. The third kappa shape index (κ3) is 2.42. The van der Waals surface area contributed by atoms with E-state index in [4.69, 9.17) is 0 Å². The average Bonchev–Trinajstić information content (AvgIpc) is 2.75. The van der Waals surface area contributed by atoms with Crippen molar-refractivity contribution in [2.24, 2.45) is 0 Å². The molecule has 0 radical (unpaired) electrons. The Kier molecular flexibility index (Phi) is 3.83. The van der Waals surface area contributed by atoms with Crippen molar-refractivity contribution < 1.29 is 0 Å². The van der Waals surface area contributed by atoms with E-state index in [9.17, 15) is 0 Å². The van der Waals surface area contributed by atoms with E-state index in [1.807, 2.05) is 0 Å². The Labute approximate surface area is 179 Å². The van der Waals surface area contributed by atoms with Crippen molar-refractivity contribution in [2.75, 3.05) is 0 Å². The van der Waals surface area contributed by atoms with Crippen LogP contribution in [0.4, 0.5) is 0 Å². The summed E-state index contributed by atoms with van der Waals surface area (Å²) in [5.41, 5.74) is 14.6. The average molecular weight is 384 g/mol. The van der Waals surface area contributed by atoms with Crippen molar-refractivity contribution >= 4 is 34.0 Å². The normalized spacial score (nSPS) is 14.7. The minimum absolute atomic E-state index is 0.340. The summed E-state index contributed by atoms with van der Waals surface area (Å²) >= 11 is 0. The Morgan fingerprint density at radius 3 is 2.20 bits per heavy atom. The van der Waals surface area contributed by atoms with Crippen molar-refractivity contribution in [3.8, 4) is 0 Å². The summed E-state index contributed by atoms with van der Waals surface area (Å²) < 4.78 is 0. The minimum Gasteiger partial charge on any atom is -0.0819 e. The molecule has 0 amide bonds. The Balaban J connectivity index is 1.77. The van der Waals surface area contributed by atoms with Crippen molar-refractivity contribution in [1.82, 2.24) is 0 Å². The van der Waals surface area contributed by atoms with Crippen LogP contribution in [0.1, 0.15) is 39.8 Å². The summed E-state index contributed by atoms with van der Waals surface area (Å²) in [5, 5.41) is 2.80. The maximum absolute atomic E-state index is 2.37. The second-order valence-corrected chi connectivity index (χ2v) is 9.05. The fourth-order valence-electron chi connectivity index (χ4n) is 6.14. The van der Waals surface area contributed by atoms with Gasteiger partial charge < -0.3 is 0 Å². The fourth-order valence-corrected chi connectivity index (χ4v) is 6.14. The fraction of sp³-hybridized carbons (Fsp3) is 0.172. The lowest BCUT2D eigenvalue weighted by molar-refractivity contribution is 0.957. The second-order valence-electron chi connectivity index (χ2n) is 9.05. The van der Waals surface area contributed by atoms with Gasteiger partial charge >= 0.3 is 0 Å².